The van der Waals surface area contributed by atoms with E-state index in [2.05, 4.69) is 5.32 Å². The molecule has 0 atom stereocenters. The number of fused-ring (bicyclic) bond motifs is 1. The lowest BCUT2D eigenvalue weighted by molar-refractivity contribution is 0.0951. The number of hydrogen-bond donors (Lipinski definition) is 1. The molecular weight excluding hydrogens is 330 g/mol. The van der Waals surface area contributed by atoms with Gasteiger partial charge in [-0.2, -0.15) is 0 Å². The maximum absolute atomic E-state index is 12.5. The van der Waals surface area contributed by atoms with Crippen LogP contribution in [0.25, 0.3) is 10.8 Å². The summed E-state index contributed by atoms with van der Waals surface area (Å²) in [6.07, 6.45) is 0. The van der Waals surface area contributed by atoms with Crippen molar-refractivity contribution in [3.63, 3.8) is 0 Å². The summed E-state index contributed by atoms with van der Waals surface area (Å²) in [5.41, 5.74) is 1.42. The maximum atomic E-state index is 12.5. The van der Waals surface area contributed by atoms with Crippen LogP contribution in [-0.4, -0.2) is 27.2 Å². The SMILES string of the molecule is COc1cc(OC)c(OC)cc1CNC(=O)c1ccc2ccccc2c1. The number of carbonyl (C=O) groups excluding carboxylic acids is 1. The second kappa shape index (κ2) is 7.78. The van der Waals surface area contributed by atoms with Crippen LogP contribution in [0.3, 0.4) is 0 Å². The fraction of sp³-hybridized carbons (Fsp3) is 0.190. The van der Waals surface area contributed by atoms with Crippen molar-refractivity contribution >= 4 is 16.7 Å². The van der Waals surface area contributed by atoms with Gasteiger partial charge in [0.15, 0.2) is 11.5 Å². The maximum Gasteiger partial charge on any atom is 0.251 e. The lowest BCUT2D eigenvalue weighted by atomic mass is 10.1. The molecule has 0 aliphatic heterocycles. The van der Waals surface area contributed by atoms with Gasteiger partial charge in [0.05, 0.1) is 21.3 Å². The van der Waals surface area contributed by atoms with Gasteiger partial charge < -0.3 is 19.5 Å². The van der Waals surface area contributed by atoms with Crippen molar-refractivity contribution in [2.45, 2.75) is 6.54 Å². The van der Waals surface area contributed by atoms with Gasteiger partial charge in [-0.05, 0) is 29.0 Å². The van der Waals surface area contributed by atoms with Crippen LogP contribution in [0.4, 0.5) is 0 Å². The second-order valence-electron chi connectivity index (χ2n) is 5.76. The second-order valence-corrected chi connectivity index (χ2v) is 5.76. The average Bonchev–Trinajstić information content (AvgIpc) is 2.70. The molecule has 26 heavy (non-hydrogen) atoms. The Morgan fingerprint density at radius 1 is 0.808 bits per heavy atom. The Balaban J connectivity index is 1.79. The quantitative estimate of drug-likeness (QED) is 0.734. The molecule has 0 radical (unpaired) electrons. The van der Waals surface area contributed by atoms with Crippen molar-refractivity contribution in [2.75, 3.05) is 21.3 Å². The molecule has 0 heterocycles. The van der Waals surface area contributed by atoms with Gasteiger partial charge in [-0.25, -0.2) is 0 Å². The fourth-order valence-electron chi connectivity index (χ4n) is 2.84. The van der Waals surface area contributed by atoms with E-state index in [1.165, 1.54) is 0 Å². The van der Waals surface area contributed by atoms with Crippen LogP contribution in [0.1, 0.15) is 15.9 Å². The van der Waals surface area contributed by atoms with Gasteiger partial charge in [-0.3, -0.25) is 4.79 Å². The first kappa shape index (κ1) is 17.6. The van der Waals surface area contributed by atoms with Crippen molar-refractivity contribution in [1.82, 2.24) is 5.32 Å². The van der Waals surface area contributed by atoms with Gasteiger partial charge in [-0.15, -0.1) is 0 Å². The summed E-state index contributed by atoms with van der Waals surface area (Å²) in [5.74, 6) is 1.64. The van der Waals surface area contributed by atoms with Crippen LogP contribution >= 0.6 is 0 Å². The van der Waals surface area contributed by atoms with Crippen molar-refractivity contribution < 1.29 is 19.0 Å². The zero-order valence-electron chi connectivity index (χ0n) is 15.0. The number of nitrogens with one attached hydrogen (secondary N) is 1. The number of ether oxygens (including phenoxy) is 3. The molecule has 0 bridgehead atoms. The molecular formula is C21H21NO4. The lowest BCUT2D eigenvalue weighted by Gasteiger charge is -2.14. The van der Waals surface area contributed by atoms with E-state index < -0.39 is 0 Å². The molecule has 5 nitrogen and oxygen atoms in total. The minimum atomic E-state index is -0.146. The summed E-state index contributed by atoms with van der Waals surface area (Å²) in [6, 6.07) is 17.1. The zero-order chi connectivity index (χ0) is 18.5. The van der Waals surface area contributed by atoms with E-state index in [9.17, 15) is 4.79 Å². The van der Waals surface area contributed by atoms with Crippen LogP contribution in [0.5, 0.6) is 17.2 Å². The molecule has 0 unspecified atom stereocenters. The van der Waals surface area contributed by atoms with Crippen LogP contribution in [0, 0.1) is 0 Å². The van der Waals surface area contributed by atoms with E-state index in [0.29, 0.717) is 29.4 Å². The molecule has 3 rings (SSSR count). The molecule has 3 aromatic rings. The predicted octanol–water partition coefficient (Wildman–Crippen LogP) is 3.80. The minimum absolute atomic E-state index is 0.146. The molecule has 0 spiro atoms. The minimum Gasteiger partial charge on any atom is -0.496 e. The number of hydrogen-bond acceptors (Lipinski definition) is 4. The lowest BCUT2D eigenvalue weighted by Crippen LogP contribution is -2.23. The van der Waals surface area contributed by atoms with Crippen LogP contribution < -0.4 is 19.5 Å². The molecule has 1 amide bonds. The fourth-order valence-corrected chi connectivity index (χ4v) is 2.84. The molecule has 0 saturated heterocycles. The van der Waals surface area contributed by atoms with Crippen molar-refractivity contribution in [3.05, 3.63) is 65.7 Å². The third-order valence-electron chi connectivity index (χ3n) is 4.24. The van der Waals surface area contributed by atoms with Crippen molar-refractivity contribution in [1.29, 1.82) is 0 Å². The van der Waals surface area contributed by atoms with Gasteiger partial charge in [0.1, 0.15) is 5.75 Å². The number of benzene rings is 3. The summed E-state index contributed by atoms with van der Waals surface area (Å²) < 4.78 is 16.0. The smallest absolute Gasteiger partial charge is 0.251 e. The summed E-state index contributed by atoms with van der Waals surface area (Å²) in [6.45, 7) is 0.315. The van der Waals surface area contributed by atoms with Gasteiger partial charge >= 0.3 is 0 Å². The van der Waals surface area contributed by atoms with Gasteiger partial charge in [0, 0.05) is 23.7 Å². The Bertz CT molecular complexity index is 936. The van der Waals surface area contributed by atoms with E-state index in [1.807, 2.05) is 42.5 Å². The highest BCUT2D eigenvalue weighted by molar-refractivity contribution is 5.98. The summed E-state index contributed by atoms with van der Waals surface area (Å²) in [7, 11) is 4.72. The Morgan fingerprint density at radius 3 is 2.15 bits per heavy atom. The van der Waals surface area contributed by atoms with Crippen LogP contribution in [0.2, 0.25) is 0 Å². The molecule has 134 valence electrons. The van der Waals surface area contributed by atoms with Gasteiger partial charge in [0.25, 0.3) is 5.91 Å². The first-order valence-electron chi connectivity index (χ1n) is 8.22. The highest BCUT2D eigenvalue weighted by Crippen LogP contribution is 2.34. The van der Waals surface area contributed by atoms with E-state index in [-0.39, 0.29) is 5.91 Å². The molecule has 0 fully saturated rings. The molecule has 1 N–H and O–H groups in total. The molecule has 5 heteroatoms. The standard InChI is InChI=1S/C21H21NO4/c1-24-18-12-20(26-3)19(25-2)11-17(18)13-22-21(23)16-9-8-14-6-4-5-7-15(14)10-16/h4-12H,13H2,1-3H3,(H,22,23). The Kier molecular flexibility index (Phi) is 5.27. The summed E-state index contributed by atoms with van der Waals surface area (Å²) in [4.78, 5) is 12.5. The van der Waals surface area contributed by atoms with Gasteiger partial charge in [0.2, 0.25) is 0 Å². The molecule has 0 aliphatic carbocycles. The van der Waals surface area contributed by atoms with E-state index in [0.717, 1.165) is 16.3 Å². The predicted molar refractivity (Wildman–Crippen MR) is 101 cm³/mol. The topological polar surface area (TPSA) is 56.8 Å². The van der Waals surface area contributed by atoms with E-state index in [1.54, 1.807) is 33.5 Å². The van der Waals surface area contributed by atoms with Gasteiger partial charge in [-0.1, -0.05) is 30.3 Å². The largest absolute Gasteiger partial charge is 0.496 e. The summed E-state index contributed by atoms with van der Waals surface area (Å²) in [5, 5.41) is 5.06. The van der Waals surface area contributed by atoms with E-state index >= 15 is 0 Å². The number of methoxy groups -OCH3 is 3. The number of amides is 1. The third kappa shape index (κ3) is 3.57. The third-order valence-corrected chi connectivity index (χ3v) is 4.24. The first-order valence-corrected chi connectivity index (χ1v) is 8.22. The van der Waals surface area contributed by atoms with Crippen molar-refractivity contribution in [2.24, 2.45) is 0 Å². The molecule has 0 aliphatic rings. The summed E-state index contributed by atoms with van der Waals surface area (Å²) >= 11 is 0. The van der Waals surface area contributed by atoms with Crippen LogP contribution in [0.15, 0.2) is 54.6 Å². The Morgan fingerprint density at radius 2 is 1.46 bits per heavy atom. The Hall–Kier alpha value is -3.21. The molecule has 0 saturated carbocycles. The molecule has 3 aromatic carbocycles. The first-order chi connectivity index (χ1) is 12.7. The van der Waals surface area contributed by atoms with Crippen molar-refractivity contribution in [3.8, 4) is 17.2 Å². The average molecular weight is 351 g/mol. The van der Waals surface area contributed by atoms with Crippen LogP contribution in [-0.2, 0) is 6.54 Å². The molecule has 0 aromatic heterocycles. The normalized spacial score (nSPS) is 10.4. The highest BCUT2D eigenvalue weighted by atomic mass is 16.5. The zero-order valence-corrected chi connectivity index (χ0v) is 15.0. The van der Waals surface area contributed by atoms with E-state index in [4.69, 9.17) is 14.2 Å². The monoisotopic (exact) mass is 351 g/mol. The highest BCUT2D eigenvalue weighted by Gasteiger charge is 2.13. The number of carbonyl (C=O) groups is 1. The Labute approximate surface area is 152 Å². The number of rotatable bonds is 6.